The first-order chi connectivity index (χ1) is 9.74. The predicted molar refractivity (Wildman–Crippen MR) is 80.9 cm³/mol. The van der Waals surface area contributed by atoms with Crippen molar-refractivity contribution in [3.8, 4) is 5.75 Å². The van der Waals surface area contributed by atoms with Gasteiger partial charge in [0.15, 0.2) is 0 Å². The molecule has 0 bridgehead atoms. The summed E-state index contributed by atoms with van der Waals surface area (Å²) in [5.41, 5.74) is 0.972. The normalized spacial score (nSPS) is 10.6. The summed E-state index contributed by atoms with van der Waals surface area (Å²) in [4.78, 5) is 1.63. The van der Waals surface area contributed by atoms with Gasteiger partial charge in [0.1, 0.15) is 11.6 Å². The molecule has 2 rings (SSSR count). The van der Waals surface area contributed by atoms with Crippen molar-refractivity contribution in [1.29, 1.82) is 0 Å². The lowest BCUT2D eigenvalue weighted by Crippen LogP contribution is -2.12. The van der Waals surface area contributed by atoms with Crippen LogP contribution in [-0.4, -0.2) is 13.7 Å². The summed E-state index contributed by atoms with van der Waals surface area (Å²) < 4.78 is 19.3. The summed E-state index contributed by atoms with van der Waals surface area (Å²) in [6.45, 7) is 3.56. The molecule has 0 amide bonds. The van der Waals surface area contributed by atoms with Crippen LogP contribution in [0.3, 0.4) is 0 Å². The molecule has 0 aliphatic heterocycles. The minimum absolute atomic E-state index is 0.187. The van der Waals surface area contributed by atoms with Gasteiger partial charge < -0.3 is 10.1 Å². The molecule has 0 saturated carbocycles. The molecule has 0 heterocycles. The van der Waals surface area contributed by atoms with E-state index in [-0.39, 0.29) is 5.82 Å². The number of benzene rings is 2. The number of ether oxygens (including phenoxy) is 1. The van der Waals surface area contributed by atoms with Gasteiger partial charge in [-0.3, -0.25) is 0 Å². The zero-order valence-electron chi connectivity index (χ0n) is 11.7. The highest BCUT2D eigenvalue weighted by Crippen LogP contribution is 2.34. The van der Waals surface area contributed by atoms with Gasteiger partial charge in [-0.25, -0.2) is 4.39 Å². The summed E-state index contributed by atoms with van der Waals surface area (Å²) in [6, 6.07) is 12.9. The van der Waals surface area contributed by atoms with Crippen molar-refractivity contribution in [3.05, 3.63) is 53.8 Å². The van der Waals surface area contributed by atoms with E-state index in [1.54, 1.807) is 13.2 Å². The van der Waals surface area contributed by atoms with Gasteiger partial charge >= 0.3 is 0 Å². The van der Waals surface area contributed by atoms with Crippen molar-refractivity contribution in [3.63, 3.8) is 0 Å². The van der Waals surface area contributed by atoms with Crippen molar-refractivity contribution in [2.24, 2.45) is 0 Å². The lowest BCUT2D eigenvalue weighted by Gasteiger charge is -2.11. The smallest absolute Gasteiger partial charge is 0.137 e. The van der Waals surface area contributed by atoms with Crippen LogP contribution in [0.4, 0.5) is 4.39 Å². The van der Waals surface area contributed by atoms with E-state index >= 15 is 0 Å². The van der Waals surface area contributed by atoms with Crippen molar-refractivity contribution in [1.82, 2.24) is 5.32 Å². The van der Waals surface area contributed by atoms with E-state index in [4.69, 9.17) is 4.74 Å². The van der Waals surface area contributed by atoms with Crippen LogP contribution in [0, 0.1) is 5.82 Å². The number of rotatable bonds is 6. The van der Waals surface area contributed by atoms with Gasteiger partial charge in [-0.1, -0.05) is 36.9 Å². The zero-order chi connectivity index (χ0) is 14.4. The lowest BCUT2D eigenvalue weighted by atomic mass is 10.2. The monoisotopic (exact) mass is 291 g/mol. The minimum Gasteiger partial charge on any atom is -0.497 e. The summed E-state index contributed by atoms with van der Waals surface area (Å²) in [7, 11) is 1.63. The van der Waals surface area contributed by atoms with Gasteiger partial charge in [0.25, 0.3) is 0 Å². The SMILES string of the molecule is CCNCc1cccc(F)c1Sc1cccc(OC)c1. The Morgan fingerprint density at radius 1 is 1.20 bits per heavy atom. The average Bonchev–Trinajstić information content (AvgIpc) is 2.48. The Labute approximate surface area is 123 Å². The Hall–Kier alpha value is -1.52. The second kappa shape index (κ2) is 7.31. The van der Waals surface area contributed by atoms with E-state index in [1.165, 1.54) is 17.8 Å². The van der Waals surface area contributed by atoms with Crippen LogP contribution in [0.1, 0.15) is 12.5 Å². The molecule has 0 radical (unpaired) electrons. The Bertz CT molecular complexity index is 574. The molecule has 0 aromatic heterocycles. The Balaban J connectivity index is 2.27. The van der Waals surface area contributed by atoms with Crippen LogP contribution in [0.15, 0.2) is 52.3 Å². The van der Waals surface area contributed by atoms with E-state index in [9.17, 15) is 4.39 Å². The fraction of sp³-hybridized carbons (Fsp3) is 0.250. The van der Waals surface area contributed by atoms with Gasteiger partial charge in [-0.05, 0) is 36.4 Å². The van der Waals surface area contributed by atoms with Crippen LogP contribution >= 0.6 is 11.8 Å². The molecule has 0 aliphatic rings. The van der Waals surface area contributed by atoms with Crippen LogP contribution < -0.4 is 10.1 Å². The van der Waals surface area contributed by atoms with E-state index < -0.39 is 0 Å². The minimum atomic E-state index is -0.187. The first-order valence-corrected chi connectivity index (χ1v) is 7.36. The topological polar surface area (TPSA) is 21.3 Å². The summed E-state index contributed by atoms with van der Waals surface area (Å²) in [6.07, 6.45) is 0. The van der Waals surface area contributed by atoms with Gasteiger partial charge in [0.2, 0.25) is 0 Å². The molecule has 106 valence electrons. The molecule has 1 N–H and O–H groups in total. The molecule has 0 unspecified atom stereocenters. The number of halogens is 1. The molecular formula is C16H18FNOS. The number of hydrogen-bond acceptors (Lipinski definition) is 3. The van der Waals surface area contributed by atoms with Gasteiger partial charge in [0, 0.05) is 11.4 Å². The highest BCUT2D eigenvalue weighted by Gasteiger charge is 2.10. The van der Waals surface area contributed by atoms with Crippen LogP contribution in [0.5, 0.6) is 5.75 Å². The summed E-state index contributed by atoms with van der Waals surface area (Å²) in [5, 5.41) is 3.24. The van der Waals surface area contributed by atoms with Crippen molar-refractivity contribution in [2.75, 3.05) is 13.7 Å². The maximum absolute atomic E-state index is 14.1. The fourth-order valence-electron chi connectivity index (χ4n) is 1.85. The molecule has 0 atom stereocenters. The molecule has 0 saturated heterocycles. The molecule has 2 aromatic rings. The number of hydrogen-bond donors (Lipinski definition) is 1. The fourth-order valence-corrected chi connectivity index (χ4v) is 2.84. The van der Waals surface area contributed by atoms with E-state index in [2.05, 4.69) is 5.32 Å². The third-order valence-corrected chi connectivity index (χ3v) is 4.03. The predicted octanol–water partition coefficient (Wildman–Crippen LogP) is 4.10. The number of nitrogens with one attached hydrogen (secondary N) is 1. The third kappa shape index (κ3) is 3.74. The quantitative estimate of drug-likeness (QED) is 0.866. The summed E-state index contributed by atoms with van der Waals surface area (Å²) >= 11 is 1.43. The average molecular weight is 291 g/mol. The first-order valence-electron chi connectivity index (χ1n) is 6.54. The highest BCUT2D eigenvalue weighted by atomic mass is 32.2. The molecule has 0 spiro atoms. The molecule has 0 fully saturated rings. The van der Waals surface area contributed by atoms with Crippen LogP contribution in [-0.2, 0) is 6.54 Å². The standard InChI is InChI=1S/C16H18FNOS/c1-3-18-11-12-6-4-9-15(17)16(12)20-14-8-5-7-13(10-14)19-2/h4-10,18H,3,11H2,1-2H3. The molecule has 20 heavy (non-hydrogen) atoms. The second-order valence-electron chi connectivity index (χ2n) is 4.29. The summed E-state index contributed by atoms with van der Waals surface area (Å²) in [5.74, 6) is 0.591. The maximum Gasteiger partial charge on any atom is 0.137 e. The third-order valence-electron chi connectivity index (χ3n) is 2.88. The van der Waals surface area contributed by atoms with Gasteiger partial charge in [0.05, 0.1) is 12.0 Å². The van der Waals surface area contributed by atoms with Gasteiger partial charge in [-0.2, -0.15) is 0 Å². The molecular weight excluding hydrogens is 273 g/mol. The Morgan fingerprint density at radius 2 is 2.00 bits per heavy atom. The van der Waals surface area contributed by atoms with Crippen LogP contribution in [0.2, 0.25) is 0 Å². The first kappa shape index (κ1) is 14.9. The van der Waals surface area contributed by atoms with Crippen LogP contribution in [0.25, 0.3) is 0 Å². The van der Waals surface area contributed by atoms with Gasteiger partial charge in [-0.15, -0.1) is 0 Å². The number of methoxy groups -OCH3 is 1. The van der Waals surface area contributed by atoms with Crippen molar-refractivity contribution < 1.29 is 9.13 Å². The zero-order valence-corrected chi connectivity index (χ0v) is 12.5. The van der Waals surface area contributed by atoms with E-state index in [1.807, 2.05) is 37.3 Å². The molecule has 0 aliphatic carbocycles. The van der Waals surface area contributed by atoms with Crippen molar-refractivity contribution in [2.45, 2.75) is 23.3 Å². The van der Waals surface area contributed by atoms with E-state index in [0.717, 1.165) is 22.8 Å². The lowest BCUT2D eigenvalue weighted by molar-refractivity contribution is 0.413. The second-order valence-corrected chi connectivity index (χ2v) is 5.37. The molecule has 2 nitrogen and oxygen atoms in total. The highest BCUT2D eigenvalue weighted by molar-refractivity contribution is 7.99. The van der Waals surface area contributed by atoms with E-state index in [0.29, 0.717) is 11.4 Å². The van der Waals surface area contributed by atoms with Crippen molar-refractivity contribution >= 4 is 11.8 Å². The maximum atomic E-state index is 14.1. The molecule has 2 aromatic carbocycles. The largest absolute Gasteiger partial charge is 0.497 e. The Morgan fingerprint density at radius 3 is 2.75 bits per heavy atom. The Kier molecular flexibility index (Phi) is 5.44. The molecule has 4 heteroatoms.